The maximum Gasteiger partial charge on any atom is 0.0462 e. The maximum atomic E-state index is 9.00. The molecule has 2 heteroatoms. The van der Waals surface area contributed by atoms with Gasteiger partial charge in [-0.2, -0.15) is 0 Å². The summed E-state index contributed by atoms with van der Waals surface area (Å²) < 4.78 is 0. The first kappa shape index (κ1) is 7.74. The van der Waals surface area contributed by atoms with Gasteiger partial charge in [-0.05, 0) is 36.8 Å². The summed E-state index contributed by atoms with van der Waals surface area (Å²) in [5.41, 5.74) is 2.55. The highest BCUT2D eigenvalue weighted by molar-refractivity contribution is 5.22. The Morgan fingerprint density at radius 3 is 3.33 bits per heavy atom. The molecule has 0 aromatic carbocycles. The lowest BCUT2D eigenvalue weighted by Gasteiger charge is -2.21. The van der Waals surface area contributed by atoms with Crippen LogP contribution in [0.2, 0.25) is 0 Å². The summed E-state index contributed by atoms with van der Waals surface area (Å²) in [6.07, 6.45) is 4.96. The van der Waals surface area contributed by atoms with Crippen molar-refractivity contribution in [2.45, 2.75) is 19.3 Å². The molecular weight excluding hydrogens is 150 g/mol. The minimum absolute atomic E-state index is 0.314. The van der Waals surface area contributed by atoms with Crippen molar-refractivity contribution in [3.05, 3.63) is 29.6 Å². The average molecular weight is 163 g/mol. The van der Waals surface area contributed by atoms with E-state index in [0.29, 0.717) is 12.5 Å². The summed E-state index contributed by atoms with van der Waals surface area (Å²) in [6, 6.07) is 4.09. The van der Waals surface area contributed by atoms with E-state index in [1.807, 2.05) is 12.3 Å². The fourth-order valence-electron chi connectivity index (χ4n) is 1.79. The molecule has 0 aliphatic heterocycles. The number of hydrogen-bond donors (Lipinski definition) is 1. The summed E-state index contributed by atoms with van der Waals surface area (Å²) in [5, 5.41) is 9.00. The van der Waals surface area contributed by atoms with Gasteiger partial charge in [-0.25, -0.2) is 0 Å². The van der Waals surface area contributed by atoms with Crippen LogP contribution in [0.3, 0.4) is 0 Å². The Bertz CT molecular complexity index is 272. The summed E-state index contributed by atoms with van der Waals surface area (Å²) in [6.45, 7) is 0.314. The average Bonchev–Trinajstić information content (AvgIpc) is 2.17. The SMILES string of the molecule is OC[C@@H]1CCc2ncccc2C1. The van der Waals surface area contributed by atoms with Gasteiger partial charge < -0.3 is 5.11 Å². The molecule has 1 aromatic heterocycles. The third-order valence-corrected chi connectivity index (χ3v) is 2.54. The normalized spacial score (nSPS) is 21.9. The molecule has 1 aromatic rings. The second kappa shape index (κ2) is 3.23. The topological polar surface area (TPSA) is 33.1 Å². The fourth-order valence-corrected chi connectivity index (χ4v) is 1.79. The highest BCUT2D eigenvalue weighted by Gasteiger charge is 2.17. The van der Waals surface area contributed by atoms with E-state index in [9.17, 15) is 0 Å². The van der Waals surface area contributed by atoms with E-state index in [1.165, 1.54) is 11.3 Å². The van der Waals surface area contributed by atoms with Gasteiger partial charge in [0.15, 0.2) is 0 Å². The first-order valence-electron chi connectivity index (χ1n) is 4.44. The molecule has 1 atom stereocenters. The largest absolute Gasteiger partial charge is 0.396 e. The molecule has 0 unspecified atom stereocenters. The molecule has 0 amide bonds. The Morgan fingerprint density at radius 1 is 1.58 bits per heavy atom. The lowest BCUT2D eigenvalue weighted by molar-refractivity contribution is 0.212. The lowest BCUT2D eigenvalue weighted by Crippen LogP contribution is -2.18. The third-order valence-electron chi connectivity index (χ3n) is 2.54. The van der Waals surface area contributed by atoms with Crippen LogP contribution in [-0.4, -0.2) is 16.7 Å². The van der Waals surface area contributed by atoms with Crippen molar-refractivity contribution in [3.8, 4) is 0 Å². The van der Waals surface area contributed by atoms with Crippen LogP contribution in [0.1, 0.15) is 17.7 Å². The zero-order valence-corrected chi connectivity index (χ0v) is 7.03. The molecule has 2 nitrogen and oxygen atoms in total. The van der Waals surface area contributed by atoms with Crippen molar-refractivity contribution < 1.29 is 5.11 Å². The lowest BCUT2D eigenvalue weighted by atomic mass is 9.87. The minimum atomic E-state index is 0.314. The summed E-state index contributed by atoms with van der Waals surface area (Å²) >= 11 is 0. The Labute approximate surface area is 72.3 Å². The first-order valence-corrected chi connectivity index (χ1v) is 4.44. The van der Waals surface area contributed by atoms with Crippen LogP contribution in [0.4, 0.5) is 0 Å². The molecule has 64 valence electrons. The molecule has 0 radical (unpaired) electrons. The number of aryl methyl sites for hydroxylation is 1. The molecule has 1 heterocycles. The van der Waals surface area contributed by atoms with Crippen LogP contribution < -0.4 is 0 Å². The zero-order valence-electron chi connectivity index (χ0n) is 7.03. The van der Waals surface area contributed by atoms with E-state index in [-0.39, 0.29) is 0 Å². The van der Waals surface area contributed by atoms with Crippen LogP contribution >= 0.6 is 0 Å². The minimum Gasteiger partial charge on any atom is -0.396 e. The van der Waals surface area contributed by atoms with Crippen molar-refractivity contribution in [1.82, 2.24) is 4.98 Å². The van der Waals surface area contributed by atoms with Gasteiger partial charge in [0, 0.05) is 18.5 Å². The van der Waals surface area contributed by atoms with E-state index < -0.39 is 0 Å². The molecule has 1 aliphatic carbocycles. The predicted molar refractivity (Wildman–Crippen MR) is 46.8 cm³/mol. The number of aromatic nitrogens is 1. The van der Waals surface area contributed by atoms with Crippen LogP contribution in [0, 0.1) is 5.92 Å². The molecule has 12 heavy (non-hydrogen) atoms. The zero-order chi connectivity index (χ0) is 8.39. The number of aliphatic hydroxyl groups excluding tert-OH is 1. The summed E-state index contributed by atoms with van der Waals surface area (Å²) in [7, 11) is 0. The molecule has 0 saturated carbocycles. The number of fused-ring (bicyclic) bond motifs is 1. The van der Waals surface area contributed by atoms with Gasteiger partial charge in [0.2, 0.25) is 0 Å². The Balaban J connectivity index is 2.23. The molecule has 0 saturated heterocycles. The number of hydrogen-bond acceptors (Lipinski definition) is 2. The Kier molecular flexibility index (Phi) is 2.09. The van der Waals surface area contributed by atoms with Gasteiger partial charge in [0.05, 0.1) is 0 Å². The van der Waals surface area contributed by atoms with Crippen molar-refractivity contribution in [1.29, 1.82) is 0 Å². The van der Waals surface area contributed by atoms with Crippen LogP contribution in [0.5, 0.6) is 0 Å². The maximum absolute atomic E-state index is 9.00. The molecule has 1 aliphatic rings. The van der Waals surface area contributed by atoms with Gasteiger partial charge >= 0.3 is 0 Å². The van der Waals surface area contributed by atoms with Gasteiger partial charge in [-0.3, -0.25) is 4.98 Å². The van der Waals surface area contributed by atoms with Crippen molar-refractivity contribution >= 4 is 0 Å². The molecule has 1 N–H and O–H groups in total. The number of rotatable bonds is 1. The van der Waals surface area contributed by atoms with Crippen LogP contribution in [-0.2, 0) is 12.8 Å². The third kappa shape index (κ3) is 1.34. The van der Waals surface area contributed by atoms with E-state index in [1.54, 1.807) is 0 Å². The number of pyridine rings is 1. The standard InChI is InChI=1S/C10H13NO/c12-7-8-3-4-10-9(6-8)2-1-5-11-10/h1-2,5,8,12H,3-4,6-7H2/t8-/m1/s1. The molecule has 0 bridgehead atoms. The van der Waals surface area contributed by atoms with E-state index in [4.69, 9.17) is 5.11 Å². The predicted octanol–water partition coefficient (Wildman–Crippen LogP) is 1.18. The fraction of sp³-hybridized carbons (Fsp3) is 0.500. The number of nitrogens with zero attached hydrogens (tertiary/aromatic N) is 1. The Hall–Kier alpha value is -0.890. The van der Waals surface area contributed by atoms with Crippen LogP contribution in [0.15, 0.2) is 18.3 Å². The van der Waals surface area contributed by atoms with Crippen LogP contribution in [0.25, 0.3) is 0 Å². The van der Waals surface area contributed by atoms with Gasteiger partial charge in [0.1, 0.15) is 0 Å². The molecule has 0 fully saturated rings. The highest BCUT2D eigenvalue weighted by atomic mass is 16.3. The second-order valence-electron chi connectivity index (χ2n) is 3.40. The number of aliphatic hydroxyl groups is 1. The van der Waals surface area contributed by atoms with Gasteiger partial charge in [0.25, 0.3) is 0 Å². The second-order valence-corrected chi connectivity index (χ2v) is 3.40. The summed E-state index contributed by atoms with van der Waals surface area (Å²) in [5.74, 6) is 0.460. The summed E-state index contributed by atoms with van der Waals surface area (Å²) in [4.78, 5) is 4.31. The van der Waals surface area contributed by atoms with Gasteiger partial charge in [-0.15, -0.1) is 0 Å². The molecular formula is C10H13NO. The Morgan fingerprint density at radius 2 is 2.50 bits per heavy atom. The molecule has 2 rings (SSSR count). The quantitative estimate of drug-likeness (QED) is 0.674. The van der Waals surface area contributed by atoms with Crippen molar-refractivity contribution in [3.63, 3.8) is 0 Å². The first-order chi connectivity index (χ1) is 5.90. The van der Waals surface area contributed by atoms with Crippen molar-refractivity contribution in [2.24, 2.45) is 5.92 Å². The van der Waals surface area contributed by atoms with Crippen molar-refractivity contribution in [2.75, 3.05) is 6.61 Å². The monoisotopic (exact) mass is 163 g/mol. The van der Waals surface area contributed by atoms with E-state index in [0.717, 1.165) is 19.3 Å². The highest BCUT2D eigenvalue weighted by Crippen LogP contribution is 2.22. The van der Waals surface area contributed by atoms with Gasteiger partial charge in [-0.1, -0.05) is 6.07 Å². The molecule has 0 spiro atoms. The smallest absolute Gasteiger partial charge is 0.0462 e. The van der Waals surface area contributed by atoms with E-state index >= 15 is 0 Å². The van der Waals surface area contributed by atoms with E-state index in [2.05, 4.69) is 11.1 Å².